The summed E-state index contributed by atoms with van der Waals surface area (Å²) in [6.45, 7) is 1.53. The third kappa shape index (κ3) is 5.66. The molecule has 0 fully saturated rings. The monoisotopic (exact) mass is 425 g/mol. The number of aryl methyl sites for hydroxylation is 1. The van der Waals surface area contributed by atoms with Crippen molar-refractivity contribution >= 4 is 12.0 Å². The average Bonchev–Trinajstić information content (AvgIpc) is 3.23. The van der Waals surface area contributed by atoms with E-state index < -0.39 is 0 Å². The first-order valence-corrected chi connectivity index (χ1v) is 10.5. The van der Waals surface area contributed by atoms with Gasteiger partial charge < -0.3 is 19.3 Å². The number of carbonyl (C=O) groups excluding carboxylic acids is 1. The highest BCUT2D eigenvalue weighted by molar-refractivity contribution is 5.86. The molecule has 0 radical (unpaired) electrons. The van der Waals surface area contributed by atoms with Gasteiger partial charge in [0.25, 0.3) is 0 Å². The van der Waals surface area contributed by atoms with Crippen LogP contribution in [0.4, 0.5) is 0 Å². The summed E-state index contributed by atoms with van der Waals surface area (Å²) in [5, 5.41) is 9.68. The number of esters is 1. The summed E-state index contributed by atoms with van der Waals surface area (Å²) in [4.78, 5) is 13.7. The molecule has 0 saturated heterocycles. The molecule has 1 aliphatic carbocycles. The fraction of sp³-hybridized carbons (Fsp3) is 0.400. The number of hydrogen-bond acceptors (Lipinski definition) is 6. The van der Waals surface area contributed by atoms with Crippen molar-refractivity contribution in [2.75, 3.05) is 41.0 Å². The van der Waals surface area contributed by atoms with Crippen molar-refractivity contribution in [2.24, 2.45) is 0 Å². The molecule has 0 bridgehead atoms. The van der Waals surface area contributed by atoms with Crippen LogP contribution in [0.1, 0.15) is 34.7 Å². The van der Waals surface area contributed by atoms with E-state index in [0.717, 1.165) is 48.4 Å². The maximum absolute atomic E-state index is 11.4. The molecule has 2 aromatic rings. The first-order valence-electron chi connectivity index (χ1n) is 10.5. The van der Waals surface area contributed by atoms with Gasteiger partial charge in [0.2, 0.25) is 0 Å². The Morgan fingerprint density at radius 1 is 1.13 bits per heavy atom. The molecule has 166 valence electrons. The molecule has 1 aliphatic rings. The highest BCUT2D eigenvalue weighted by Gasteiger charge is 2.27. The number of aliphatic hydroxyl groups excluding tert-OH is 1. The van der Waals surface area contributed by atoms with Crippen LogP contribution in [0, 0.1) is 0 Å². The Kier molecular flexibility index (Phi) is 8.09. The van der Waals surface area contributed by atoms with Crippen LogP contribution in [0.3, 0.4) is 0 Å². The van der Waals surface area contributed by atoms with Crippen LogP contribution in [0.15, 0.2) is 42.5 Å². The lowest BCUT2D eigenvalue weighted by atomic mass is 10.0. The van der Waals surface area contributed by atoms with Gasteiger partial charge in [-0.25, -0.2) is 4.79 Å². The Balaban J connectivity index is 1.75. The summed E-state index contributed by atoms with van der Waals surface area (Å²) in [6.07, 6.45) is 6.00. The number of fused-ring (bicyclic) bond motifs is 1. The predicted molar refractivity (Wildman–Crippen MR) is 120 cm³/mol. The number of rotatable bonds is 10. The molecule has 6 heteroatoms. The van der Waals surface area contributed by atoms with Crippen LogP contribution in [-0.2, 0) is 22.4 Å². The zero-order valence-electron chi connectivity index (χ0n) is 18.5. The number of benzene rings is 2. The van der Waals surface area contributed by atoms with Crippen LogP contribution < -0.4 is 9.47 Å². The van der Waals surface area contributed by atoms with Gasteiger partial charge in [-0.1, -0.05) is 18.2 Å². The van der Waals surface area contributed by atoms with Gasteiger partial charge in [-0.3, -0.25) is 4.90 Å². The summed E-state index contributed by atoms with van der Waals surface area (Å²) in [5.74, 6) is 1.29. The SMILES string of the molecule is COC(=O)C=Cc1ccc2c(c1)CCC2N(CCO)CCc1cc(OC)ccc1OC. The van der Waals surface area contributed by atoms with E-state index in [0.29, 0.717) is 6.54 Å². The van der Waals surface area contributed by atoms with Gasteiger partial charge in [0.05, 0.1) is 27.9 Å². The minimum Gasteiger partial charge on any atom is -0.497 e. The number of ether oxygens (including phenoxy) is 3. The largest absolute Gasteiger partial charge is 0.497 e. The highest BCUT2D eigenvalue weighted by Crippen LogP contribution is 2.37. The first kappa shape index (κ1) is 22.8. The molecule has 3 rings (SSSR count). The number of methoxy groups -OCH3 is 3. The molecule has 0 spiro atoms. The van der Waals surface area contributed by atoms with E-state index in [-0.39, 0.29) is 18.6 Å². The molecule has 1 N–H and O–H groups in total. The zero-order valence-corrected chi connectivity index (χ0v) is 18.5. The Hall–Kier alpha value is -2.83. The number of nitrogens with zero attached hydrogens (tertiary/aromatic N) is 1. The first-order chi connectivity index (χ1) is 15.1. The minimum atomic E-state index is -0.361. The summed E-state index contributed by atoms with van der Waals surface area (Å²) in [7, 11) is 4.71. The molecule has 1 unspecified atom stereocenters. The van der Waals surface area contributed by atoms with Crippen LogP contribution >= 0.6 is 0 Å². The number of hydrogen-bond donors (Lipinski definition) is 1. The predicted octanol–water partition coefficient (Wildman–Crippen LogP) is 3.41. The van der Waals surface area contributed by atoms with Crippen LogP contribution in [-0.4, -0.2) is 57.0 Å². The Morgan fingerprint density at radius 3 is 2.68 bits per heavy atom. The molecule has 0 saturated carbocycles. The molecule has 2 aromatic carbocycles. The Morgan fingerprint density at radius 2 is 1.97 bits per heavy atom. The minimum absolute atomic E-state index is 0.112. The third-order valence-electron chi connectivity index (χ3n) is 5.81. The van der Waals surface area contributed by atoms with E-state index in [9.17, 15) is 9.90 Å². The maximum Gasteiger partial charge on any atom is 0.330 e. The normalized spacial score (nSPS) is 15.3. The third-order valence-corrected chi connectivity index (χ3v) is 5.81. The van der Waals surface area contributed by atoms with Crippen molar-refractivity contribution in [1.29, 1.82) is 0 Å². The van der Waals surface area contributed by atoms with E-state index in [1.807, 2.05) is 24.3 Å². The average molecular weight is 426 g/mol. The van der Waals surface area contributed by atoms with Gasteiger partial charge in [0, 0.05) is 25.2 Å². The van der Waals surface area contributed by atoms with Gasteiger partial charge >= 0.3 is 5.97 Å². The van der Waals surface area contributed by atoms with E-state index in [1.54, 1.807) is 20.3 Å². The van der Waals surface area contributed by atoms with Crippen molar-refractivity contribution in [2.45, 2.75) is 25.3 Å². The zero-order chi connectivity index (χ0) is 22.2. The number of aliphatic hydroxyl groups is 1. The quantitative estimate of drug-likeness (QED) is 0.465. The summed E-state index contributed by atoms with van der Waals surface area (Å²) >= 11 is 0. The lowest BCUT2D eigenvalue weighted by Crippen LogP contribution is -2.32. The molecule has 1 atom stereocenters. The highest BCUT2D eigenvalue weighted by atomic mass is 16.5. The Labute approximate surface area is 184 Å². The van der Waals surface area contributed by atoms with E-state index in [2.05, 4.69) is 21.8 Å². The van der Waals surface area contributed by atoms with E-state index in [1.165, 1.54) is 24.3 Å². The van der Waals surface area contributed by atoms with Gasteiger partial charge in [-0.05, 0) is 65.8 Å². The van der Waals surface area contributed by atoms with Crippen molar-refractivity contribution in [3.05, 3.63) is 64.7 Å². The van der Waals surface area contributed by atoms with Crippen LogP contribution in [0.25, 0.3) is 6.08 Å². The van der Waals surface area contributed by atoms with Crippen molar-refractivity contribution < 1.29 is 24.1 Å². The van der Waals surface area contributed by atoms with Crippen LogP contribution in [0.5, 0.6) is 11.5 Å². The molecular weight excluding hydrogens is 394 g/mol. The topological polar surface area (TPSA) is 68.2 Å². The summed E-state index contributed by atoms with van der Waals surface area (Å²) < 4.78 is 15.5. The van der Waals surface area contributed by atoms with Gasteiger partial charge in [-0.15, -0.1) is 0 Å². The molecular formula is C25H31NO5. The fourth-order valence-electron chi connectivity index (χ4n) is 4.22. The van der Waals surface area contributed by atoms with Crippen molar-refractivity contribution in [1.82, 2.24) is 4.90 Å². The summed E-state index contributed by atoms with van der Waals surface area (Å²) in [6, 6.07) is 12.4. The molecule has 0 aliphatic heterocycles. The van der Waals surface area contributed by atoms with Crippen LogP contribution in [0.2, 0.25) is 0 Å². The van der Waals surface area contributed by atoms with Gasteiger partial charge in [0.1, 0.15) is 11.5 Å². The van der Waals surface area contributed by atoms with Gasteiger partial charge in [-0.2, -0.15) is 0 Å². The van der Waals surface area contributed by atoms with Crippen molar-refractivity contribution in [3.63, 3.8) is 0 Å². The fourth-order valence-corrected chi connectivity index (χ4v) is 4.22. The molecule has 0 aromatic heterocycles. The maximum atomic E-state index is 11.4. The lowest BCUT2D eigenvalue weighted by Gasteiger charge is -2.29. The van der Waals surface area contributed by atoms with Gasteiger partial charge in [0.15, 0.2) is 0 Å². The standard InChI is InChI=1S/C25H31NO5/c1-29-21-7-10-24(30-2)20(17-21)12-13-26(14-15-27)23-9-6-19-16-18(4-8-22(19)23)5-11-25(28)31-3/h4-5,7-8,10-11,16-17,23,27H,6,9,12-15H2,1-3H3. The van der Waals surface area contributed by atoms with E-state index >= 15 is 0 Å². The molecule has 0 heterocycles. The lowest BCUT2D eigenvalue weighted by molar-refractivity contribution is -0.134. The second-order valence-corrected chi connectivity index (χ2v) is 7.56. The number of carbonyl (C=O) groups is 1. The molecule has 31 heavy (non-hydrogen) atoms. The molecule has 0 amide bonds. The second kappa shape index (κ2) is 11.0. The van der Waals surface area contributed by atoms with Crippen molar-refractivity contribution in [3.8, 4) is 11.5 Å². The summed E-state index contributed by atoms with van der Waals surface area (Å²) in [5.41, 5.74) is 4.66. The van der Waals surface area contributed by atoms with E-state index in [4.69, 9.17) is 9.47 Å². The Bertz CT molecular complexity index is 924. The second-order valence-electron chi connectivity index (χ2n) is 7.56. The smallest absolute Gasteiger partial charge is 0.330 e. The molecule has 6 nitrogen and oxygen atoms in total.